The fraction of sp³-hybridized carbons (Fsp3) is 0.0556. The SMILES string of the molecule is Cc1c(Sc2ncn[nH]2)c(-c2ccccc2)nc2ccccc12. The Kier molecular flexibility index (Phi) is 3.55. The van der Waals surface area contributed by atoms with Gasteiger partial charge < -0.3 is 0 Å². The zero-order valence-electron chi connectivity index (χ0n) is 12.5. The van der Waals surface area contributed by atoms with Crippen molar-refractivity contribution in [2.24, 2.45) is 0 Å². The van der Waals surface area contributed by atoms with Crippen molar-refractivity contribution in [1.29, 1.82) is 0 Å². The molecule has 0 fully saturated rings. The molecule has 4 rings (SSSR count). The normalized spacial score (nSPS) is 11.0. The molecule has 0 unspecified atom stereocenters. The summed E-state index contributed by atoms with van der Waals surface area (Å²) in [6, 6.07) is 18.5. The number of hydrogen-bond donors (Lipinski definition) is 1. The molecule has 0 bridgehead atoms. The highest BCUT2D eigenvalue weighted by molar-refractivity contribution is 7.99. The number of nitrogens with one attached hydrogen (secondary N) is 1. The van der Waals surface area contributed by atoms with Crippen molar-refractivity contribution in [3.8, 4) is 11.3 Å². The highest BCUT2D eigenvalue weighted by atomic mass is 32.2. The number of H-pyrrole nitrogens is 1. The molecule has 2 heterocycles. The van der Waals surface area contributed by atoms with Crippen LogP contribution in [0.3, 0.4) is 0 Å². The highest BCUT2D eigenvalue weighted by Crippen LogP contribution is 2.38. The molecule has 0 saturated carbocycles. The molecule has 2 aromatic heterocycles. The molecule has 5 heteroatoms. The maximum absolute atomic E-state index is 4.90. The Morgan fingerprint density at radius 2 is 1.74 bits per heavy atom. The van der Waals surface area contributed by atoms with E-state index < -0.39 is 0 Å². The Labute approximate surface area is 138 Å². The summed E-state index contributed by atoms with van der Waals surface area (Å²) in [5, 5.41) is 8.78. The minimum atomic E-state index is 0.766. The maximum atomic E-state index is 4.90. The van der Waals surface area contributed by atoms with Crippen molar-refractivity contribution >= 4 is 22.7 Å². The minimum absolute atomic E-state index is 0.766. The van der Waals surface area contributed by atoms with Crippen LogP contribution >= 0.6 is 11.8 Å². The number of nitrogens with zero attached hydrogens (tertiary/aromatic N) is 3. The van der Waals surface area contributed by atoms with Gasteiger partial charge in [0.2, 0.25) is 0 Å². The van der Waals surface area contributed by atoms with E-state index in [9.17, 15) is 0 Å². The third kappa shape index (κ3) is 2.59. The largest absolute Gasteiger partial charge is 0.254 e. The molecule has 0 radical (unpaired) electrons. The van der Waals surface area contributed by atoms with E-state index in [4.69, 9.17) is 4.98 Å². The average Bonchev–Trinajstić information content (AvgIpc) is 3.11. The number of hydrogen-bond acceptors (Lipinski definition) is 4. The monoisotopic (exact) mass is 318 g/mol. The second kappa shape index (κ2) is 5.85. The predicted molar refractivity (Wildman–Crippen MR) is 92.4 cm³/mol. The zero-order valence-corrected chi connectivity index (χ0v) is 13.3. The molecular formula is C18H14N4S. The lowest BCUT2D eigenvalue weighted by molar-refractivity contribution is 0.972. The highest BCUT2D eigenvalue weighted by Gasteiger charge is 2.15. The van der Waals surface area contributed by atoms with Gasteiger partial charge in [-0.15, -0.1) is 0 Å². The van der Waals surface area contributed by atoms with Crippen LogP contribution in [-0.2, 0) is 0 Å². The lowest BCUT2D eigenvalue weighted by atomic mass is 10.0. The van der Waals surface area contributed by atoms with Gasteiger partial charge in [-0.1, -0.05) is 48.5 Å². The van der Waals surface area contributed by atoms with E-state index in [1.807, 2.05) is 30.3 Å². The van der Waals surface area contributed by atoms with Crippen LogP contribution in [0.5, 0.6) is 0 Å². The molecule has 112 valence electrons. The standard InChI is InChI=1S/C18H14N4S/c1-12-14-9-5-6-10-15(14)21-16(13-7-3-2-4-8-13)17(12)23-18-19-11-20-22-18/h2-11H,1H3,(H,19,20,22). The van der Waals surface area contributed by atoms with Crippen LogP contribution in [0.1, 0.15) is 5.56 Å². The Morgan fingerprint density at radius 1 is 0.957 bits per heavy atom. The molecule has 0 aliphatic heterocycles. The maximum Gasteiger partial charge on any atom is 0.188 e. The molecule has 0 aliphatic rings. The van der Waals surface area contributed by atoms with Gasteiger partial charge in [0.1, 0.15) is 6.33 Å². The lowest BCUT2D eigenvalue weighted by Gasteiger charge is -2.13. The minimum Gasteiger partial charge on any atom is -0.254 e. The van der Waals surface area contributed by atoms with E-state index in [0.717, 1.165) is 32.2 Å². The quantitative estimate of drug-likeness (QED) is 0.605. The summed E-state index contributed by atoms with van der Waals surface area (Å²) < 4.78 is 0. The van der Waals surface area contributed by atoms with Crippen LogP contribution in [0.4, 0.5) is 0 Å². The Hall–Kier alpha value is -2.66. The third-order valence-corrected chi connectivity index (χ3v) is 4.83. The first kappa shape index (κ1) is 14.0. The number of aryl methyl sites for hydroxylation is 1. The topological polar surface area (TPSA) is 54.5 Å². The van der Waals surface area contributed by atoms with Crippen LogP contribution in [0.15, 0.2) is 71.0 Å². The summed E-state index contributed by atoms with van der Waals surface area (Å²) in [6.45, 7) is 2.13. The summed E-state index contributed by atoms with van der Waals surface area (Å²) in [5.41, 5.74) is 4.29. The average molecular weight is 318 g/mol. The van der Waals surface area contributed by atoms with Crippen LogP contribution in [0.25, 0.3) is 22.2 Å². The van der Waals surface area contributed by atoms with Crippen molar-refractivity contribution < 1.29 is 0 Å². The van der Waals surface area contributed by atoms with Gasteiger partial charge in [-0.3, -0.25) is 5.10 Å². The first-order valence-electron chi connectivity index (χ1n) is 7.31. The summed E-state index contributed by atoms with van der Waals surface area (Å²) in [7, 11) is 0. The number of aromatic amines is 1. The zero-order chi connectivity index (χ0) is 15.6. The molecule has 1 N–H and O–H groups in total. The predicted octanol–water partition coefficient (Wildman–Crippen LogP) is 4.48. The fourth-order valence-corrected chi connectivity index (χ4v) is 3.53. The van der Waals surface area contributed by atoms with Crippen molar-refractivity contribution in [3.63, 3.8) is 0 Å². The van der Waals surface area contributed by atoms with Gasteiger partial charge in [0.05, 0.1) is 11.2 Å². The van der Waals surface area contributed by atoms with E-state index in [1.165, 1.54) is 11.9 Å². The Balaban J connectivity index is 1.98. The van der Waals surface area contributed by atoms with E-state index in [-0.39, 0.29) is 0 Å². The number of para-hydroxylation sites is 1. The third-order valence-electron chi connectivity index (χ3n) is 3.73. The summed E-state index contributed by atoms with van der Waals surface area (Å²) in [5.74, 6) is 0. The molecule has 0 atom stereocenters. The van der Waals surface area contributed by atoms with Crippen molar-refractivity contribution in [1.82, 2.24) is 20.2 Å². The van der Waals surface area contributed by atoms with Crippen LogP contribution in [0, 0.1) is 6.92 Å². The van der Waals surface area contributed by atoms with Gasteiger partial charge in [0.15, 0.2) is 5.16 Å². The molecule has 0 spiro atoms. The van der Waals surface area contributed by atoms with E-state index >= 15 is 0 Å². The number of pyridine rings is 1. The Morgan fingerprint density at radius 3 is 2.52 bits per heavy atom. The molecule has 0 aliphatic carbocycles. The van der Waals surface area contributed by atoms with Gasteiger partial charge in [-0.05, 0) is 30.3 Å². The van der Waals surface area contributed by atoms with Crippen LogP contribution in [0.2, 0.25) is 0 Å². The molecule has 4 aromatic rings. The molecule has 4 nitrogen and oxygen atoms in total. The van der Waals surface area contributed by atoms with Gasteiger partial charge in [0.25, 0.3) is 0 Å². The van der Waals surface area contributed by atoms with Crippen molar-refractivity contribution in [3.05, 3.63) is 66.5 Å². The number of benzene rings is 2. The first-order valence-corrected chi connectivity index (χ1v) is 8.12. The van der Waals surface area contributed by atoms with Gasteiger partial charge >= 0.3 is 0 Å². The van der Waals surface area contributed by atoms with Crippen LogP contribution < -0.4 is 0 Å². The fourth-order valence-electron chi connectivity index (χ4n) is 2.62. The van der Waals surface area contributed by atoms with Gasteiger partial charge in [0, 0.05) is 15.8 Å². The number of aromatic nitrogens is 4. The van der Waals surface area contributed by atoms with Gasteiger partial charge in [-0.25, -0.2) is 9.97 Å². The van der Waals surface area contributed by atoms with Gasteiger partial charge in [-0.2, -0.15) is 5.10 Å². The lowest BCUT2D eigenvalue weighted by Crippen LogP contribution is -1.94. The second-order valence-electron chi connectivity index (χ2n) is 5.19. The van der Waals surface area contributed by atoms with Crippen molar-refractivity contribution in [2.45, 2.75) is 17.0 Å². The van der Waals surface area contributed by atoms with Crippen molar-refractivity contribution in [2.75, 3.05) is 0 Å². The number of fused-ring (bicyclic) bond motifs is 1. The van der Waals surface area contributed by atoms with Crippen LogP contribution in [-0.4, -0.2) is 20.2 Å². The summed E-state index contributed by atoms with van der Waals surface area (Å²) in [6.07, 6.45) is 1.52. The molecule has 23 heavy (non-hydrogen) atoms. The van der Waals surface area contributed by atoms with E-state index in [1.54, 1.807) is 11.8 Å². The molecule has 2 aromatic carbocycles. The van der Waals surface area contributed by atoms with E-state index in [2.05, 4.69) is 46.4 Å². The molecular weight excluding hydrogens is 304 g/mol. The molecule has 0 amide bonds. The first-order chi connectivity index (χ1) is 11.3. The second-order valence-corrected chi connectivity index (χ2v) is 6.19. The summed E-state index contributed by atoms with van der Waals surface area (Å²) >= 11 is 1.57. The molecule has 0 saturated heterocycles. The Bertz CT molecular complexity index is 950. The summed E-state index contributed by atoms with van der Waals surface area (Å²) in [4.78, 5) is 10.2. The van der Waals surface area contributed by atoms with E-state index in [0.29, 0.717) is 0 Å². The smallest absolute Gasteiger partial charge is 0.188 e. The number of rotatable bonds is 3.